The van der Waals surface area contributed by atoms with Gasteiger partial charge in [0, 0.05) is 4.47 Å². The minimum Gasteiger partial charge on any atom is -0.207 e. The largest absolute Gasteiger partial charge is 0.207 e. The van der Waals surface area contributed by atoms with Gasteiger partial charge in [0.25, 0.3) is 0 Å². The molecule has 0 bridgehead atoms. The van der Waals surface area contributed by atoms with Crippen LogP contribution in [0.1, 0.15) is 38.7 Å². The van der Waals surface area contributed by atoms with E-state index in [1.807, 2.05) is 6.07 Å². The van der Waals surface area contributed by atoms with Gasteiger partial charge in [0.05, 0.1) is 0 Å². The average molecular weight is 273 g/mol. The summed E-state index contributed by atoms with van der Waals surface area (Å²) in [7, 11) is 0. The van der Waals surface area contributed by atoms with E-state index in [9.17, 15) is 4.39 Å². The summed E-state index contributed by atoms with van der Waals surface area (Å²) in [6.07, 6.45) is 4.61. The summed E-state index contributed by atoms with van der Waals surface area (Å²) < 4.78 is 13.9. The number of aryl methyl sites for hydroxylation is 1. The van der Waals surface area contributed by atoms with Crippen molar-refractivity contribution in [2.24, 2.45) is 5.92 Å². The zero-order chi connectivity index (χ0) is 11.3. The monoisotopic (exact) mass is 272 g/mol. The number of benzene rings is 1. The van der Waals surface area contributed by atoms with Crippen LogP contribution in [0.5, 0.6) is 0 Å². The van der Waals surface area contributed by atoms with Gasteiger partial charge in [-0.3, -0.25) is 0 Å². The Morgan fingerprint density at radius 2 is 1.93 bits per heavy atom. The molecule has 0 saturated heterocycles. The predicted octanol–water partition coefficient (Wildman–Crippen LogP) is 4.96. The van der Waals surface area contributed by atoms with Gasteiger partial charge in [-0.15, -0.1) is 0 Å². The first kappa shape index (κ1) is 12.7. The molecule has 0 fully saturated rings. The van der Waals surface area contributed by atoms with Crippen molar-refractivity contribution in [3.63, 3.8) is 0 Å². The number of hydrogen-bond donors (Lipinski definition) is 0. The average Bonchev–Trinajstić information content (AvgIpc) is 2.10. The summed E-state index contributed by atoms with van der Waals surface area (Å²) >= 11 is 3.31. The zero-order valence-corrected chi connectivity index (χ0v) is 11.0. The highest BCUT2D eigenvalue weighted by atomic mass is 79.9. The maximum atomic E-state index is 13.0. The Hall–Kier alpha value is -0.370. The molecule has 84 valence electrons. The summed E-state index contributed by atoms with van der Waals surface area (Å²) in [5.41, 5.74) is 1.09. The van der Waals surface area contributed by atoms with Crippen molar-refractivity contribution in [1.82, 2.24) is 0 Å². The van der Waals surface area contributed by atoms with E-state index < -0.39 is 0 Å². The molecule has 1 aromatic rings. The molecule has 0 aliphatic rings. The predicted molar refractivity (Wildman–Crippen MR) is 66.5 cm³/mol. The Morgan fingerprint density at radius 3 is 2.53 bits per heavy atom. The van der Waals surface area contributed by atoms with Crippen LogP contribution in [0.15, 0.2) is 22.7 Å². The highest BCUT2D eigenvalue weighted by Gasteiger charge is 2.00. The lowest BCUT2D eigenvalue weighted by Crippen LogP contribution is -1.91. The second kappa shape index (κ2) is 6.26. The van der Waals surface area contributed by atoms with Crippen molar-refractivity contribution in [3.8, 4) is 0 Å². The van der Waals surface area contributed by atoms with E-state index >= 15 is 0 Å². The van der Waals surface area contributed by atoms with Crippen LogP contribution in [0, 0.1) is 11.7 Å². The molecule has 0 unspecified atom stereocenters. The fourth-order valence-electron chi connectivity index (χ4n) is 1.64. The van der Waals surface area contributed by atoms with Gasteiger partial charge in [-0.05, 0) is 42.5 Å². The van der Waals surface area contributed by atoms with Crippen molar-refractivity contribution in [2.45, 2.75) is 39.5 Å². The molecule has 1 rings (SSSR count). The second-order valence-corrected chi connectivity index (χ2v) is 5.33. The van der Waals surface area contributed by atoms with E-state index in [4.69, 9.17) is 0 Å². The quantitative estimate of drug-likeness (QED) is 0.665. The van der Waals surface area contributed by atoms with Crippen molar-refractivity contribution >= 4 is 15.9 Å². The maximum Gasteiger partial charge on any atom is 0.124 e. The Kier molecular flexibility index (Phi) is 5.30. The fraction of sp³-hybridized carbons (Fsp3) is 0.538. The standard InChI is InChI=1S/C13H18BrF/c1-10(2)5-3-4-6-11-7-12(14)9-13(15)8-11/h7-10H,3-6H2,1-2H3. The molecule has 0 saturated carbocycles. The minimum atomic E-state index is -0.150. The van der Waals surface area contributed by atoms with E-state index in [0.717, 1.165) is 28.8 Å². The molecular formula is C13H18BrF. The first-order valence-corrected chi connectivity index (χ1v) is 6.32. The van der Waals surface area contributed by atoms with E-state index in [1.54, 1.807) is 6.07 Å². The third-order valence-corrected chi connectivity index (χ3v) is 2.88. The first-order chi connectivity index (χ1) is 7.08. The van der Waals surface area contributed by atoms with Crippen molar-refractivity contribution in [2.75, 3.05) is 0 Å². The molecule has 0 aliphatic heterocycles. The van der Waals surface area contributed by atoms with Gasteiger partial charge in [-0.1, -0.05) is 42.6 Å². The Bertz CT molecular complexity index is 287. The van der Waals surface area contributed by atoms with Crippen LogP contribution in [0.2, 0.25) is 0 Å². The SMILES string of the molecule is CC(C)CCCCc1cc(F)cc(Br)c1. The molecule has 0 radical (unpaired) electrons. The third kappa shape index (κ3) is 5.31. The van der Waals surface area contributed by atoms with Gasteiger partial charge < -0.3 is 0 Å². The molecule has 0 atom stereocenters. The number of halogens is 2. The first-order valence-electron chi connectivity index (χ1n) is 5.53. The molecule has 0 amide bonds. The van der Waals surface area contributed by atoms with E-state index in [-0.39, 0.29) is 5.82 Å². The minimum absolute atomic E-state index is 0.150. The van der Waals surface area contributed by atoms with E-state index in [2.05, 4.69) is 29.8 Å². The number of hydrogen-bond acceptors (Lipinski definition) is 0. The van der Waals surface area contributed by atoms with Crippen LogP contribution in [0.4, 0.5) is 4.39 Å². The number of unbranched alkanes of at least 4 members (excludes halogenated alkanes) is 1. The molecule has 15 heavy (non-hydrogen) atoms. The van der Waals surface area contributed by atoms with Crippen molar-refractivity contribution in [1.29, 1.82) is 0 Å². The normalized spacial score (nSPS) is 11.0. The summed E-state index contributed by atoms with van der Waals surface area (Å²) in [6.45, 7) is 4.47. The lowest BCUT2D eigenvalue weighted by molar-refractivity contribution is 0.537. The van der Waals surface area contributed by atoms with Gasteiger partial charge in [0.15, 0.2) is 0 Å². The van der Waals surface area contributed by atoms with Crippen molar-refractivity contribution in [3.05, 3.63) is 34.1 Å². The summed E-state index contributed by atoms with van der Waals surface area (Å²) in [5.74, 6) is 0.618. The molecule has 1 aromatic carbocycles. The molecule has 0 nitrogen and oxygen atoms in total. The molecule has 0 N–H and O–H groups in total. The highest BCUT2D eigenvalue weighted by molar-refractivity contribution is 9.10. The Morgan fingerprint density at radius 1 is 1.20 bits per heavy atom. The van der Waals surface area contributed by atoms with Crippen molar-refractivity contribution < 1.29 is 4.39 Å². The van der Waals surface area contributed by atoms with E-state index in [1.165, 1.54) is 18.9 Å². The fourth-order valence-corrected chi connectivity index (χ4v) is 2.15. The summed E-state index contributed by atoms with van der Waals surface area (Å²) in [5, 5.41) is 0. The van der Waals surface area contributed by atoms with E-state index in [0.29, 0.717) is 0 Å². The van der Waals surface area contributed by atoms with Gasteiger partial charge in [-0.25, -0.2) is 4.39 Å². The smallest absolute Gasteiger partial charge is 0.124 e. The lowest BCUT2D eigenvalue weighted by atomic mass is 10.0. The molecule has 2 heteroatoms. The third-order valence-electron chi connectivity index (χ3n) is 2.42. The zero-order valence-electron chi connectivity index (χ0n) is 9.39. The second-order valence-electron chi connectivity index (χ2n) is 4.42. The van der Waals surface area contributed by atoms with Crippen LogP contribution >= 0.6 is 15.9 Å². The summed E-state index contributed by atoms with van der Waals surface area (Å²) in [6, 6.07) is 5.12. The molecule has 0 spiro atoms. The van der Waals surface area contributed by atoms with Crippen LogP contribution in [0.25, 0.3) is 0 Å². The molecular weight excluding hydrogens is 255 g/mol. The van der Waals surface area contributed by atoms with Crippen LogP contribution in [-0.4, -0.2) is 0 Å². The summed E-state index contributed by atoms with van der Waals surface area (Å²) in [4.78, 5) is 0. The van der Waals surface area contributed by atoms with Crippen LogP contribution < -0.4 is 0 Å². The van der Waals surface area contributed by atoms with Gasteiger partial charge in [0.1, 0.15) is 5.82 Å². The molecule has 0 heterocycles. The molecule has 0 aliphatic carbocycles. The Labute approximate surface area is 100 Å². The highest BCUT2D eigenvalue weighted by Crippen LogP contribution is 2.17. The molecule has 0 aromatic heterocycles. The number of rotatable bonds is 5. The topological polar surface area (TPSA) is 0 Å². The Balaban J connectivity index is 2.37. The maximum absolute atomic E-state index is 13.0. The van der Waals surface area contributed by atoms with Crippen LogP contribution in [-0.2, 0) is 6.42 Å². The van der Waals surface area contributed by atoms with Gasteiger partial charge >= 0.3 is 0 Å². The lowest BCUT2D eigenvalue weighted by Gasteiger charge is -2.05. The van der Waals surface area contributed by atoms with Gasteiger partial charge in [0.2, 0.25) is 0 Å². The van der Waals surface area contributed by atoms with Gasteiger partial charge in [-0.2, -0.15) is 0 Å². The van der Waals surface area contributed by atoms with Crippen LogP contribution in [0.3, 0.4) is 0 Å².